The van der Waals surface area contributed by atoms with Gasteiger partial charge < -0.3 is 15.2 Å². The van der Waals surface area contributed by atoms with Crippen LogP contribution < -0.4 is 15.4 Å². The first kappa shape index (κ1) is 19.1. The van der Waals surface area contributed by atoms with Gasteiger partial charge in [-0.3, -0.25) is 10.1 Å². The van der Waals surface area contributed by atoms with Gasteiger partial charge in [-0.2, -0.15) is 0 Å². The Morgan fingerprint density at radius 1 is 1.19 bits per heavy atom. The zero-order chi connectivity index (χ0) is 18.9. The number of ether oxygens (including phenoxy) is 1. The number of carbonyl (C=O) groups is 2. The molecule has 8 heteroatoms. The van der Waals surface area contributed by atoms with E-state index in [0.29, 0.717) is 11.3 Å². The monoisotopic (exact) mass is 374 g/mol. The highest BCUT2D eigenvalue weighted by Crippen LogP contribution is 2.15. The first-order chi connectivity index (χ1) is 12.4. The molecule has 0 radical (unpaired) electrons. The van der Waals surface area contributed by atoms with Gasteiger partial charge in [0.15, 0.2) is 23.3 Å². The molecular formula is C18H15FN2O4S. The van der Waals surface area contributed by atoms with Crippen molar-refractivity contribution >= 4 is 41.0 Å². The number of amides is 1. The summed E-state index contributed by atoms with van der Waals surface area (Å²) in [4.78, 5) is 22.3. The highest BCUT2D eigenvalue weighted by Gasteiger charge is 2.08. The standard InChI is InChI=1S/C18H15FN2O4S/c19-14-6-1-2-7-15(14)25-11-16(22)21-18(26)20-13-5-3-4-12(10-13)8-9-17(23)24/h1-10H,11H2,(H,23,24)(H2,20,21,22,26)/b9-8+. The third-order valence-electron chi connectivity index (χ3n) is 3.01. The molecule has 0 heterocycles. The van der Waals surface area contributed by atoms with Gasteiger partial charge in [-0.15, -0.1) is 0 Å². The lowest BCUT2D eigenvalue weighted by molar-refractivity contribution is -0.131. The molecule has 0 saturated carbocycles. The summed E-state index contributed by atoms with van der Waals surface area (Å²) in [5, 5.41) is 13.9. The second-order valence-corrected chi connectivity index (χ2v) is 5.43. The van der Waals surface area contributed by atoms with Gasteiger partial charge in [-0.1, -0.05) is 24.3 Å². The number of hydrogen-bond donors (Lipinski definition) is 3. The van der Waals surface area contributed by atoms with Crippen molar-refractivity contribution in [2.24, 2.45) is 0 Å². The summed E-state index contributed by atoms with van der Waals surface area (Å²) in [6.45, 7) is -0.399. The number of nitrogens with one attached hydrogen (secondary N) is 2. The number of carboxylic acid groups (broad SMARTS) is 1. The molecule has 0 fully saturated rings. The molecule has 2 aromatic carbocycles. The number of aliphatic carboxylic acids is 1. The molecule has 2 aromatic rings. The highest BCUT2D eigenvalue weighted by atomic mass is 32.1. The van der Waals surface area contributed by atoms with Crippen LogP contribution in [0.2, 0.25) is 0 Å². The fraction of sp³-hybridized carbons (Fsp3) is 0.0556. The molecule has 134 valence electrons. The van der Waals surface area contributed by atoms with Gasteiger partial charge in [0, 0.05) is 11.8 Å². The van der Waals surface area contributed by atoms with E-state index in [1.54, 1.807) is 30.3 Å². The Balaban J connectivity index is 1.86. The summed E-state index contributed by atoms with van der Waals surface area (Å²) in [5.74, 6) is -2.19. The number of thiocarbonyl (C=S) groups is 1. The lowest BCUT2D eigenvalue weighted by Crippen LogP contribution is -2.37. The van der Waals surface area contributed by atoms with Gasteiger partial charge in [-0.25, -0.2) is 9.18 Å². The van der Waals surface area contributed by atoms with Crippen LogP contribution >= 0.6 is 12.2 Å². The molecule has 0 aliphatic rings. The van der Waals surface area contributed by atoms with E-state index in [2.05, 4.69) is 10.6 Å². The number of carbonyl (C=O) groups excluding carboxylic acids is 1. The molecule has 0 unspecified atom stereocenters. The van der Waals surface area contributed by atoms with Crippen molar-refractivity contribution < 1.29 is 23.8 Å². The van der Waals surface area contributed by atoms with Crippen molar-refractivity contribution in [2.75, 3.05) is 11.9 Å². The van der Waals surface area contributed by atoms with E-state index in [1.807, 2.05) is 0 Å². The largest absolute Gasteiger partial charge is 0.481 e. The van der Waals surface area contributed by atoms with E-state index in [-0.39, 0.29) is 10.9 Å². The first-order valence-corrected chi connectivity index (χ1v) is 7.84. The van der Waals surface area contributed by atoms with E-state index in [0.717, 1.165) is 6.08 Å². The number of carboxylic acids is 1. The quantitative estimate of drug-likeness (QED) is 0.532. The highest BCUT2D eigenvalue weighted by molar-refractivity contribution is 7.80. The van der Waals surface area contributed by atoms with E-state index >= 15 is 0 Å². The summed E-state index contributed by atoms with van der Waals surface area (Å²) < 4.78 is 18.5. The average molecular weight is 374 g/mol. The van der Waals surface area contributed by atoms with E-state index in [1.165, 1.54) is 24.3 Å². The number of rotatable bonds is 6. The van der Waals surface area contributed by atoms with Crippen LogP contribution in [0.15, 0.2) is 54.6 Å². The van der Waals surface area contributed by atoms with Gasteiger partial charge in [0.05, 0.1) is 0 Å². The van der Waals surface area contributed by atoms with Crippen LogP contribution in [-0.2, 0) is 9.59 Å². The Morgan fingerprint density at radius 2 is 1.96 bits per heavy atom. The molecule has 0 bridgehead atoms. The number of anilines is 1. The summed E-state index contributed by atoms with van der Waals surface area (Å²) in [7, 11) is 0. The Labute approximate surface area is 154 Å². The minimum atomic E-state index is -1.05. The number of halogens is 1. The minimum absolute atomic E-state index is 0.0283. The summed E-state index contributed by atoms with van der Waals surface area (Å²) in [6.07, 6.45) is 2.44. The van der Waals surface area contributed by atoms with Crippen molar-refractivity contribution in [3.8, 4) is 5.75 Å². The van der Waals surface area contributed by atoms with Gasteiger partial charge >= 0.3 is 5.97 Å². The second kappa shape index (κ2) is 9.28. The van der Waals surface area contributed by atoms with Gasteiger partial charge in [0.2, 0.25) is 0 Å². The maximum atomic E-state index is 13.4. The Hall–Kier alpha value is -3.26. The summed E-state index contributed by atoms with van der Waals surface area (Å²) in [5.41, 5.74) is 1.22. The maximum Gasteiger partial charge on any atom is 0.328 e. The molecule has 1 amide bonds. The van der Waals surface area contributed by atoms with Crippen molar-refractivity contribution in [3.63, 3.8) is 0 Å². The fourth-order valence-corrected chi connectivity index (χ4v) is 2.15. The van der Waals surface area contributed by atoms with Gasteiger partial charge in [-0.05, 0) is 48.1 Å². The summed E-state index contributed by atoms with van der Waals surface area (Å²) >= 11 is 5.03. The number of para-hydroxylation sites is 1. The van der Waals surface area contributed by atoms with Crippen LogP contribution in [0.5, 0.6) is 5.75 Å². The minimum Gasteiger partial charge on any atom is -0.481 e. The van der Waals surface area contributed by atoms with Crippen molar-refractivity contribution in [3.05, 3.63) is 66.0 Å². The SMILES string of the molecule is O=C(O)/C=C/c1cccc(NC(=S)NC(=O)COc2ccccc2F)c1. The zero-order valence-electron chi connectivity index (χ0n) is 13.4. The third kappa shape index (κ3) is 6.33. The maximum absolute atomic E-state index is 13.4. The molecule has 0 saturated heterocycles. The molecular weight excluding hydrogens is 359 g/mol. The van der Waals surface area contributed by atoms with E-state index < -0.39 is 24.3 Å². The Bertz CT molecular complexity index is 855. The van der Waals surface area contributed by atoms with Gasteiger partial charge in [0.1, 0.15) is 0 Å². The molecule has 0 spiro atoms. The number of hydrogen-bond acceptors (Lipinski definition) is 4. The summed E-state index contributed by atoms with van der Waals surface area (Å²) in [6, 6.07) is 12.5. The lowest BCUT2D eigenvalue weighted by atomic mass is 10.2. The average Bonchev–Trinajstić information content (AvgIpc) is 2.59. The van der Waals surface area contributed by atoms with Crippen molar-refractivity contribution in [2.45, 2.75) is 0 Å². The lowest BCUT2D eigenvalue weighted by Gasteiger charge is -2.11. The zero-order valence-corrected chi connectivity index (χ0v) is 14.3. The molecule has 26 heavy (non-hydrogen) atoms. The van der Waals surface area contributed by atoms with Crippen molar-refractivity contribution in [1.29, 1.82) is 0 Å². The molecule has 6 nitrogen and oxygen atoms in total. The predicted molar refractivity (Wildman–Crippen MR) is 99.4 cm³/mol. The Morgan fingerprint density at radius 3 is 2.69 bits per heavy atom. The van der Waals surface area contributed by atoms with Crippen LogP contribution in [0, 0.1) is 5.82 Å². The number of benzene rings is 2. The molecule has 0 aliphatic carbocycles. The smallest absolute Gasteiger partial charge is 0.328 e. The normalized spacial score (nSPS) is 10.3. The van der Waals surface area contributed by atoms with Gasteiger partial charge in [0.25, 0.3) is 5.91 Å². The van der Waals surface area contributed by atoms with E-state index in [9.17, 15) is 14.0 Å². The van der Waals surface area contributed by atoms with Crippen molar-refractivity contribution in [1.82, 2.24) is 5.32 Å². The Kier molecular flexibility index (Phi) is 6.81. The topological polar surface area (TPSA) is 87.7 Å². The first-order valence-electron chi connectivity index (χ1n) is 7.43. The van der Waals surface area contributed by atoms with Crippen LogP contribution in [0.1, 0.15) is 5.56 Å². The second-order valence-electron chi connectivity index (χ2n) is 5.02. The van der Waals surface area contributed by atoms with Crippen LogP contribution in [0.4, 0.5) is 10.1 Å². The molecule has 0 aromatic heterocycles. The van der Waals surface area contributed by atoms with Crippen LogP contribution in [-0.4, -0.2) is 28.7 Å². The fourth-order valence-electron chi connectivity index (χ4n) is 1.92. The van der Waals surface area contributed by atoms with Crippen LogP contribution in [0.3, 0.4) is 0 Å². The van der Waals surface area contributed by atoms with Crippen LogP contribution in [0.25, 0.3) is 6.08 Å². The molecule has 3 N–H and O–H groups in total. The van der Waals surface area contributed by atoms with E-state index in [4.69, 9.17) is 22.1 Å². The molecule has 0 aliphatic heterocycles. The molecule has 2 rings (SSSR count). The molecule has 0 atom stereocenters. The third-order valence-corrected chi connectivity index (χ3v) is 3.22. The predicted octanol–water partition coefficient (Wildman–Crippen LogP) is 2.82.